The molecule has 3 aliphatic heterocycles. The van der Waals surface area contributed by atoms with Gasteiger partial charge in [-0.05, 0) is 64.9 Å². The van der Waals surface area contributed by atoms with Crippen molar-refractivity contribution in [3.63, 3.8) is 0 Å². The van der Waals surface area contributed by atoms with Gasteiger partial charge in [0.2, 0.25) is 5.88 Å². The van der Waals surface area contributed by atoms with Gasteiger partial charge in [-0.3, -0.25) is 4.98 Å². The van der Waals surface area contributed by atoms with Crippen molar-refractivity contribution in [2.75, 3.05) is 19.7 Å². The average molecular weight is 891 g/mol. The molecular weight excluding hydrogens is 836 g/mol. The molecule has 7 nitrogen and oxygen atoms in total. The molecule has 1 N–H and O–H groups in total. The first kappa shape index (κ1) is 43.1. The summed E-state index contributed by atoms with van der Waals surface area (Å²) in [4.78, 5) is 14.9. The quantitative estimate of drug-likeness (QED) is 0.0666. The standard InChI is InChI=1S/C58H53ClN4O3/c1-4-40-36-63(35-39-31-48(41-17-9-5-10-18-41)54(65-37-38(2)3)49(32-39)42-19-11-6-12-20-42)30-28-45(40)33-52(63)55(47-27-29-60-51-26-25-46(64)34-50(47)51)66-58-53(43-21-13-7-14-22-43)56(59)61-57(62-58)44-23-15-8-16-24-44/h4-27,29,31-32,34,38,40,45,52,55H,1,28,30,33,35-37H2,2-3H3/p+1/t40?,45?,52?,55-,63?/m0/s1. The van der Waals surface area contributed by atoms with E-state index in [0.717, 1.165) is 92.6 Å². The van der Waals surface area contributed by atoms with E-state index in [4.69, 9.17) is 36.0 Å². The lowest BCUT2D eigenvalue weighted by Gasteiger charge is -2.58. The van der Waals surface area contributed by atoms with E-state index < -0.39 is 6.10 Å². The molecule has 3 fully saturated rings. The molecule has 5 atom stereocenters. The molecule has 330 valence electrons. The lowest BCUT2D eigenvalue weighted by atomic mass is 9.71. The first-order chi connectivity index (χ1) is 32.3. The summed E-state index contributed by atoms with van der Waals surface area (Å²) in [6, 6.07) is 53.3. The molecule has 3 saturated heterocycles. The number of benzene rings is 6. The number of phenolic OH excluding ortho intramolecular Hbond substituents is 1. The van der Waals surface area contributed by atoms with Crippen molar-refractivity contribution in [1.82, 2.24) is 15.0 Å². The Hall–Kier alpha value is -6.80. The van der Waals surface area contributed by atoms with Crippen LogP contribution in [0.2, 0.25) is 5.15 Å². The normalized spacial score (nSPS) is 19.4. The zero-order valence-electron chi connectivity index (χ0n) is 37.4. The van der Waals surface area contributed by atoms with Crippen LogP contribution < -0.4 is 9.47 Å². The number of pyridine rings is 1. The van der Waals surface area contributed by atoms with Gasteiger partial charge in [-0.25, -0.2) is 4.98 Å². The Kier molecular flexibility index (Phi) is 12.1. The first-order valence-electron chi connectivity index (χ1n) is 23.1. The molecule has 2 bridgehead atoms. The molecule has 11 rings (SSSR count). The molecular formula is C58H54ClN4O3+. The fraction of sp³-hybridized carbons (Fsp3) is 0.224. The number of piperidine rings is 3. The van der Waals surface area contributed by atoms with Crippen molar-refractivity contribution in [3.05, 3.63) is 193 Å². The third-order valence-corrected chi connectivity index (χ3v) is 13.9. The summed E-state index contributed by atoms with van der Waals surface area (Å²) in [5.74, 6) is 3.03. The summed E-state index contributed by atoms with van der Waals surface area (Å²) >= 11 is 7.27. The molecule has 3 aliphatic rings. The number of quaternary nitrogens is 1. The monoisotopic (exact) mass is 889 g/mol. The van der Waals surface area contributed by atoms with E-state index in [1.807, 2.05) is 79.0 Å². The smallest absolute Gasteiger partial charge is 0.227 e. The number of hydrogen-bond donors (Lipinski definition) is 1. The maximum atomic E-state index is 11.0. The van der Waals surface area contributed by atoms with Crippen molar-refractivity contribution in [2.45, 2.75) is 45.4 Å². The van der Waals surface area contributed by atoms with Crippen LogP contribution in [0.25, 0.3) is 55.7 Å². The predicted molar refractivity (Wildman–Crippen MR) is 266 cm³/mol. The van der Waals surface area contributed by atoms with Crippen molar-refractivity contribution in [1.29, 1.82) is 0 Å². The maximum absolute atomic E-state index is 11.0. The SMILES string of the molecule is C=CC1C[N+]2(Cc3cc(-c4ccccc4)c(OCC(C)C)c(-c4ccccc4)c3)CCC1CC2[C@@H](Oc1nc(-c2ccccc2)nc(Cl)c1-c1ccccc1)c1ccnc2ccc(O)cc12. The van der Waals surface area contributed by atoms with Gasteiger partial charge in [-0.1, -0.05) is 153 Å². The van der Waals surface area contributed by atoms with Crippen LogP contribution in [-0.4, -0.2) is 50.3 Å². The minimum atomic E-state index is -0.543. The van der Waals surface area contributed by atoms with Crippen LogP contribution in [0, 0.1) is 17.8 Å². The number of hydrogen-bond acceptors (Lipinski definition) is 6. The second-order valence-electron chi connectivity index (χ2n) is 18.4. The predicted octanol–water partition coefficient (Wildman–Crippen LogP) is 13.8. The highest BCUT2D eigenvalue weighted by Crippen LogP contribution is 2.51. The summed E-state index contributed by atoms with van der Waals surface area (Å²) < 4.78 is 15.2. The van der Waals surface area contributed by atoms with E-state index in [0.29, 0.717) is 46.8 Å². The Morgan fingerprint density at radius 2 is 1.39 bits per heavy atom. The van der Waals surface area contributed by atoms with E-state index >= 15 is 0 Å². The van der Waals surface area contributed by atoms with Crippen LogP contribution in [0.5, 0.6) is 17.4 Å². The molecule has 0 spiro atoms. The van der Waals surface area contributed by atoms with E-state index in [1.165, 1.54) is 5.56 Å². The van der Waals surface area contributed by atoms with Crippen LogP contribution >= 0.6 is 11.6 Å². The van der Waals surface area contributed by atoms with E-state index in [1.54, 1.807) is 6.07 Å². The number of rotatable bonds is 14. The number of aromatic hydroxyl groups is 1. The van der Waals surface area contributed by atoms with E-state index in [9.17, 15) is 5.11 Å². The van der Waals surface area contributed by atoms with Crippen molar-refractivity contribution < 1.29 is 19.1 Å². The average Bonchev–Trinajstić information content (AvgIpc) is 3.35. The summed E-state index contributed by atoms with van der Waals surface area (Å²) in [6.07, 6.45) is 5.45. The summed E-state index contributed by atoms with van der Waals surface area (Å²) in [5, 5.41) is 12.2. The van der Waals surface area contributed by atoms with Crippen LogP contribution in [0.1, 0.15) is 43.9 Å². The zero-order chi connectivity index (χ0) is 45.2. The molecule has 66 heavy (non-hydrogen) atoms. The fourth-order valence-electron chi connectivity index (χ4n) is 10.5. The number of ether oxygens (including phenoxy) is 2. The number of nitrogens with zero attached hydrogens (tertiary/aromatic N) is 4. The number of phenols is 1. The Morgan fingerprint density at radius 1 is 0.773 bits per heavy atom. The van der Waals surface area contributed by atoms with Crippen molar-refractivity contribution in [2.24, 2.45) is 17.8 Å². The summed E-state index contributed by atoms with van der Waals surface area (Å²) in [6.45, 7) is 12.0. The topological polar surface area (TPSA) is 77.4 Å². The third-order valence-electron chi connectivity index (χ3n) is 13.6. The van der Waals surface area contributed by atoms with Gasteiger partial charge in [0.25, 0.3) is 0 Å². The zero-order valence-corrected chi connectivity index (χ0v) is 38.2. The highest BCUT2D eigenvalue weighted by atomic mass is 35.5. The highest BCUT2D eigenvalue weighted by molar-refractivity contribution is 6.32. The van der Waals surface area contributed by atoms with Crippen LogP contribution in [0.3, 0.4) is 0 Å². The Morgan fingerprint density at radius 3 is 2.02 bits per heavy atom. The van der Waals surface area contributed by atoms with Gasteiger partial charge in [0.15, 0.2) is 11.9 Å². The Bertz CT molecular complexity index is 2930. The second kappa shape index (κ2) is 18.6. The molecule has 6 aromatic carbocycles. The van der Waals surface area contributed by atoms with Crippen molar-refractivity contribution >= 4 is 22.5 Å². The molecule has 0 amide bonds. The molecule has 5 heterocycles. The molecule has 0 saturated carbocycles. The molecule has 0 radical (unpaired) electrons. The van der Waals surface area contributed by atoms with Gasteiger partial charge >= 0.3 is 0 Å². The number of halogens is 1. The lowest BCUT2D eigenvalue weighted by molar-refractivity contribution is -0.984. The minimum absolute atomic E-state index is 0.0531. The Balaban J connectivity index is 1.18. The van der Waals surface area contributed by atoms with Gasteiger partial charge in [0.1, 0.15) is 29.2 Å². The molecule has 8 aromatic rings. The maximum Gasteiger partial charge on any atom is 0.227 e. The molecule has 4 unspecified atom stereocenters. The van der Waals surface area contributed by atoms with Gasteiger partial charge in [0.05, 0.1) is 30.8 Å². The summed E-state index contributed by atoms with van der Waals surface area (Å²) in [5.41, 5.74) is 9.63. The van der Waals surface area contributed by atoms with Gasteiger partial charge in [-0.2, -0.15) is 4.98 Å². The van der Waals surface area contributed by atoms with Crippen LogP contribution in [0.15, 0.2) is 177 Å². The van der Waals surface area contributed by atoms with Crippen LogP contribution in [0.4, 0.5) is 0 Å². The van der Waals surface area contributed by atoms with E-state index in [2.05, 4.69) is 105 Å². The lowest BCUT2D eigenvalue weighted by Crippen LogP contribution is -2.68. The van der Waals surface area contributed by atoms with Gasteiger partial charge in [-0.15, -0.1) is 6.58 Å². The van der Waals surface area contributed by atoms with Gasteiger partial charge in [0, 0.05) is 58.2 Å². The molecule has 8 heteroatoms. The fourth-order valence-corrected chi connectivity index (χ4v) is 10.8. The molecule has 2 aromatic heterocycles. The Labute approximate surface area is 392 Å². The first-order valence-corrected chi connectivity index (χ1v) is 23.5. The van der Waals surface area contributed by atoms with Gasteiger partial charge < -0.3 is 19.1 Å². The second-order valence-corrected chi connectivity index (χ2v) is 18.7. The van der Waals surface area contributed by atoms with Crippen LogP contribution in [-0.2, 0) is 6.54 Å². The molecule has 0 aliphatic carbocycles. The summed E-state index contributed by atoms with van der Waals surface area (Å²) in [7, 11) is 0. The number of aromatic nitrogens is 3. The minimum Gasteiger partial charge on any atom is -0.508 e. The van der Waals surface area contributed by atoms with Crippen molar-refractivity contribution in [3.8, 4) is 62.1 Å². The highest BCUT2D eigenvalue weighted by Gasteiger charge is 2.55. The number of fused-ring (bicyclic) bond motifs is 4. The largest absolute Gasteiger partial charge is 0.508 e. The third kappa shape index (κ3) is 8.57. The van der Waals surface area contributed by atoms with E-state index in [-0.39, 0.29) is 11.8 Å².